The number of benzene rings is 1. The minimum absolute atomic E-state index is 0. The van der Waals surface area contributed by atoms with Gasteiger partial charge in [-0.1, -0.05) is 22.9 Å². The Hall–Kier alpha value is -2.68. The number of hydrogen-bond acceptors (Lipinski definition) is 6. The van der Waals surface area contributed by atoms with Crippen LogP contribution in [0.25, 0.3) is 0 Å². The second-order valence-corrected chi connectivity index (χ2v) is 7.20. The number of amides is 1. The number of aromatic nitrogens is 4. The van der Waals surface area contributed by atoms with Crippen LogP contribution in [-0.4, -0.2) is 39.0 Å². The largest absolute Gasteiger partial charge is 0.439 e. The number of ether oxygens (including phenoxy) is 1. The third-order valence-electron chi connectivity index (χ3n) is 5.03. The average molecular weight is 465 g/mol. The number of nitrogens with zero attached hydrogens (tertiary/aromatic N) is 4. The first kappa shape index (κ1) is 24.6. The fourth-order valence-corrected chi connectivity index (χ4v) is 3.38. The van der Waals surface area contributed by atoms with E-state index in [1.54, 1.807) is 18.3 Å². The summed E-state index contributed by atoms with van der Waals surface area (Å²) in [4.78, 5) is 16.9. The Balaban J connectivity index is 0.00000171. The van der Waals surface area contributed by atoms with Crippen LogP contribution in [-0.2, 0) is 0 Å². The minimum Gasteiger partial charge on any atom is -0.439 e. The number of anilines is 1. The van der Waals surface area contributed by atoms with Gasteiger partial charge in [-0.05, 0) is 58.0 Å². The van der Waals surface area contributed by atoms with Gasteiger partial charge in [0.2, 0.25) is 5.88 Å². The Labute approximate surface area is 193 Å². The van der Waals surface area contributed by atoms with E-state index < -0.39 is 0 Å². The molecule has 0 aliphatic carbocycles. The maximum atomic E-state index is 12.6. The molecule has 1 amide bonds. The van der Waals surface area contributed by atoms with Crippen LogP contribution in [0.5, 0.6) is 11.6 Å². The van der Waals surface area contributed by atoms with Crippen LogP contribution >= 0.6 is 24.8 Å². The molecule has 0 unspecified atom stereocenters. The Morgan fingerprint density at radius 3 is 2.45 bits per heavy atom. The Morgan fingerprint density at radius 2 is 1.81 bits per heavy atom. The molecular weight excluding hydrogens is 439 g/mol. The normalized spacial score (nSPS) is 13.6. The molecule has 10 heteroatoms. The highest BCUT2D eigenvalue weighted by atomic mass is 35.5. The second kappa shape index (κ2) is 11.1. The first-order chi connectivity index (χ1) is 14.1. The lowest BCUT2D eigenvalue weighted by Gasteiger charge is -2.23. The first-order valence-electron chi connectivity index (χ1n) is 9.74. The van der Waals surface area contributed by atoms with Crippen LogP contribution in [0.3, 0.4) is 0 Å². The molecule has 4 rings (SSSR count). The summed E-state index contributed by atoms with van der Waals surface area (Å²) in [5, 5.41) is 14.5. The Morgan fingerprint density at radius 1 is 1.10 bits per heavy atom. The second-order valence-electron chi connectivity index (χ2n) is 7.20. The van der Waals surface area contributed by atoms with Gasteiger partial charge in [-0.2, -0.15) is 0 Å². The zero-order valence-corrected chi connectivity index (χ0v) is 19.0. The van der Waals surface area contributed by atoms with Crippen LogP contribution in [0.1, 0.15) is 40.6 Å². The van der Waals surface area contributed by atoms with E-state index in [-0.39, 0.29) is 36.8 Å². The zero-order chi connectivity index (χ0) is 20.2. The van der Waals surface area contributed by atoms with Crippen molar-refractivity contribution < 1.29 is 9.53 Å². The summed E-state index contributed by atoms with van der Waals surface area (Å²) in [6.45, 7) is 5.81. The molecule has 0 atom stereocenters. The fraction of sp³-hybridized carbons (Fsp3) is 0.333. The summed E-state index contributed by atoms with van der Waals surface area (Å²) < 4.78 is 7.58. The molecule has 0 saturated carbocycles. The minimum atomic E-state index is -0.295. The molecule has 1 fully saturated rings. The van der Waals surface area contributed by atoms with Gasteiger partial charge in [0, 0.05) is 6.07 Å². The number of carbonyl (C=O) groups is 1. The van der Waals surface area contributed by atoms with E-state index in [0.717, 1.165) is 37.2 Å². The van der Waals surface area contributed by atoms with Gasteiger partial charge in [-0.3, -0.25) is 4.79 Å². The molecule has 0 bridgehead atoms. The SMILES string of the molecule is Cc1ccc(Oc2ccc(NC(=O)c3nnn(C4CCNCC4)c3C)cn2)cc1.Cl.Cl. The van der Waals surface area contributed by atoms with Crippen molar-refractivity contribution in [1.82, 2.24) is 25.3 Å². The number of piperidine rings is 1. The summed E-state index contributed by atoms with van der Waals surface area (Å²) in [6.07, 6.45) is 3.53. The highest BCUT2D eigenvalue weighted by Gasteiger charge is 2.23. The molecule has 2 aromatic heterocycles. The standard InChI is InChI=1S/C21H24N6O2.2ClH/c1-14-3-6-18(7-4-14)29-19-8-5-16(13-23-19)24-21(28)20-15(2)27(26-25-20)17-9-11-22-12-10-17;;/h3-8,13,17,22H,9-12H2,1-2H3,(H,24,28);2*1H. The third kappa shape index (κ3) is 5.94. The van der Waals surface area contributed by atoms with Gasteiger partial charge in [-0.25, -0.2) is 9.67 Å². The maximum absolute atomic E-state index is 12.6. The predicted octanol–water partition coefficient (Wildman–Crippen LogP) is 4.10. The lowest BCUT2D eigenvalue weighted by atomic mass is 10.1. The molecule has 1 aromatic carbocycles. The van der Waals surface area contributed by atoms with E-state index in [1.165, 1.54) is 0 Å². The summed E-state index contributed by atoms with van der Waals surface area (Å²) >= 11 is 0. The molecule has 3 heterocycles. The average Bonchev–Trinajstić information content (AvgIpc) is 3.13. The summed E-state index contributed by atoms with van der Waals surface area (Å²) in [7, 11) is 0. The van der Waals surface area contributed by atoms with Gasteiger partial charge in [-0.15, -0.1) is 29.9 Å². The lowest BCUT2D eigenvalue weighted by molar-refractivity contribution is 0.102. The predicted molar refractivity (Wildman–Crippen MR) is 124 cm³/mol. The van der Waals surface area contributed by atoms with Crippen LogP contribution in [0.15, 0.2) is 42.6 Å². The molecule has 1 aliphatic heterocycles. The topological polar surface area (TPSA) is 94.0 Å². The van der Waals surface area contributed by atoms with Gasteiger partial charge >= 0.3 is 0 Å². The third-order valence-corrected chi connectivity index (χ3v) is 5.03. The van der Waals surface area contributed by atoms with Crippen LogP contribution in [0.4, 0.5) is 5.69 Å². The fourth-order valence-electron chi connectivity index (χ4n) is 3.38. The lowest BCUT2D eigenvalue weighted by Crippen LogP contribution is -2.30. The Bertz CT molecular complexity index is 986. The maximum Gasteiger partial charge on any atom is 0.278 e. The molecule has 1 aliphatic rings. The number of aryl methyl sites for hydroxylation is 1. The van der Waals surface area contributed by atoms with Crippen LogP contribution < -0.4 is 15.4 Å². The zero-order valence-electron chi connectivity index (χ0n) is 17.4. The van der Waals surface area contributed by atoms with Crippen molar-refractivity contribution in [3.63, 3.8) is 0 Å². The van der Waals surface area contributed by atoms with Crippen molar-refractivity contribution in [3.05, 3.63) is 59.5 Å². The molecule has 8 nitrogen and oxygen atoms in total. The monoisotopic (exact) mass is 464 g/mol. The first-order valence-corrected chi connectivity index (χ1v) is 9.74. The molecule has 2 N–H and O–H groups in total. The van der Waals surface area contributed by atoms with Gasteiger partial charge in [0.25, 0.3) is 5.91 Å². The number of pyridine rings is 1. The van der Waals surface area contributed by atoms with Crippen molar-refractivity contribution in [2.75, 3.05) is 18.4 Å². The van der Waals surface area contributed by atoms with Crippen LogP contribution in [0, 0.1) is 13.8 Å². The van der Waals surface area contributed by atoms with E-state index in [0.29, 0.717) is 23.0 Å². The van der Waals surface area contributed by atoms with Gasteiger partial charge in [0.05, 0.1) is 23.6 Å². The molecule has 0 spiro atoms. The summed E-state index contributed by atoms with van der Waals surface area (Å²) in [6, 6.07) is 11.5. The molecule has 31 heavy (non-hydrogen) atoms. The Kier molecular flexibility index (Phi) is 8.79. The number of rotatable bonds is 5. The van der Waals surface area contributed by atoms with Gasteiger partial charge < -0.3 is 15.4 Å². The van der Waals surface area contributed by atoms with Gasteiger partial charge in [0.15, 0.2) is 5.69 Å². The summed E-state index contributed by atoms with van der Waals surface area (Å²) in [5.41, 5.74) is 2.85. The van der Waals surface area contributed by atoms with Crippen molar-refractivity contribution in [1.29, 1.82) is 0 Å². The highest BCUT2D eigenvalue weighted by molar-refractivity contribution is 6.03. The van der Waals surface area contributed by atoms with Crippen molar-refractivity contribution in [2.24, 2.45) is 0 Å². The van der Waals surface area contributed by atoms with Gasteiger partial charge in [0.1, 0.15) is 5.75 Å². The number of hydrogen-bond donors (Lipinski definition) is 2. The smallest absolute Gasteiger partial charge is 0.278 e. The molecular formula is C21H26Cl2N6O2. The molecule has 166 valence electrons. The quantitative estimate of drug-likeness (QED) is 0.589. The number of nitrogens with one attached hydrogen (secondary N) is 2. The molecule has 1 saturated heterocycles. The van der Waals surface area contributed by atoms with Crippen LogP contribution in [0.2, 0.25) is 0 Å². The van der Waals surface area contributed by atoms with Crippen molar-refractivity contribution >= 4 is 36.4 Å². The highest BCUT2D eigenvalue weighted by Crippen LogP contribution is 2.22. The van der Waals surface area contributed by atoms with Crippen molar-refractivity contribution in [3.8, 4) is 11.6 Å². The molecule has 3 aromatic rings. The van der Waals surface area contributed by atoms with E-state index in [9.17, 15) is 4.79 Å². The number of halogens is 2. The van der Waals surface area contributed by atoms with E-state index in [2.05, 4.69) is 25.9 Å². The number of carbonyl (C=O) groups excluding carboxylic acids is 1. The van der Waals surface area contributed by atoms with E-state index in [1.807, 2.05) is 42.8 Å². The molecule has 0 radical (unpaired) electrons. The van der Waals surface area contributed by atoms with E-state index in [4.69, 9.17) is 4.74 Å². The summed E-state index contributed by atoms with van der Waals surface area (Å²) in [5.74, 6) is 0.876. The van der Waals surface area contributed by atoms with Crippen molar-refractivity contribution in [2.45, 2.75) is 32.7 Å². The van der Waals surface area contributed by atoms with E-state index >= 15 is 0 Å².